The predicted molar refractivity (Wildman–Crippen MR) is 111 cm³/mol. The van der Waals surface area contributed by atoms with Crippen molar-refractivity contribution in [2.24, 2.45) is 0 Å². The van der Waals surface area contributed by atoms with E-state index in [2.05, 4.69) is 10.3 Å². The Bertz CT molecular complexity index is 780. The molecule has 1 aliphatic rings. The average molecular weight is 402 g/mol. The quantitative estimate of drug-likeness (QED) is 0.767. The van der Waals surface area contributed by atoms with Crippen LogP contribution < -0.4 is 10.1 Å². The highest BCUT2D eigenvalue weighted by Crippen LogP contribution is 2.25. The van der Waals surface area contributed by atoms with Crippen LogP contribution in [0.4, 0.5) is 0 Å². The first kappa shape index (κ1) is 20.3. The van der Waals surface area contributed by atoms with Crippen molar-refractivity contribution in [1.82, 2.24) is 15.2 Å². The Hall–Kier alpha value is -2.41. The van der Waals surface area contributed by atoms with Gasteiger partial charge in [-0.3, -0.25) is 9.59 Å². The summed E-state index contributed by atoms with van der Waals surface area (Å²) in [5, 5.41) is 5.35. The van der Waals surface area contributed by atoms with Gasteiger partial charge in [0.1, 0.15) is 16.5 Å². The van der Waals surface area contributed by atoms with Crippen molar-refractivity contribution in [3.63, 3.8) is 0 Å². The van der Waals surface area contributed by atoms with E-state index in [9.17, 15) is 9.59 Å². The molecule has 3 rings (SSSR count). The lowest BCUT2D eigenvalue weighted by atomic mass is 10.2. The molecule has 0 aliphatic carbocycles. The van der Waals surface area contributed by atoms with Gasteiger partial charge in [0.2, 0.25) is 5.91 Å². The maximum atomic E-state index is 12.3. The number of thiazole rings is 1. The average Bonchev–Trinajstić information content (AvgIpc) is 3.04. The lowest BCUT2D eigenvalue weighted by Gasteiger charge is -2.20. The highest BCUT2D eigenvalue weighted by molar-refractivity contribution is 7.13. The zero-order valence-corrected chi connectivity index (χ0v) is 17.1. The number of ether oxygens (including phenoxy) is 1. The van der Waals surface area contributed by atoms with Crippen LogP contribution in [0.5, 0.6) is 5.75 Å². The molecule has 1 saturated heterocycles. The van der Waals surface area contributed by atoms with Gasteiger partial charge < -0.3 is 15.0 Å². The second-order valence-corrected chi connectivity index (χ2v) is 7.65. The Kier molecular flexibility index (Phi) is 7.42. The molecule has 0 saturated carbocycles. The van der Waals surface area contributed by atoms with Crippen LogP contribution in [-0.2, 0) is 4.79 Å². The molecule has 2 amide bonds. The van der Waals surface area contributed by atoms with Crippen LogP contribution in [0.3, 0.4) is 0 Å². The van der Waals surface area contributed by atoms with Gasteiger partial charge in [-0.1, -0.05) is 12.8 Å². The Morgan fingerprint density at radius 3 is 2.54 bits per heavy atom. The number of hydrogen-bond donors (Lipinski definition) is 1. The number of aromatic nitrogens is 1. The van der Waals surface area contributed by atoms with Gasteiger partial charge in [-0.15, -0.1) is 11.3 Å². The van der Waals surface area contributed by atoms with Gasteiger partial charge in [-0.25, -0.2) is 4.98 Å². The number of carbonyl (C=O) groups excluding carboxylic acids is 2. The third kappa shape index (κ3) is 5.55. The second kappa shape index (κ2) is 10.2. The molecular formula is C21H27N3O3S. The maximum Gasteiger partial charge on any atom is 0.270 e. The number of benzene rings is 1. The van der Waals surface area contributed by atoms with E-state index in [-0.39, 0.29) is 11.8 Å². The number of hydrogen-bond acceptors (Lipinski definition) is 5. The summed E-state index contributed by atoms with van der Waals surface area (Å²) in [5.74, 6) is 0.697. The Morgan fingerprint density at radius 2 is 1.86 bits per heavy atom. The van der Waals surface area contributed by atoms with Crippen molar-refractivity contribution < 1.29 is 14.3 Å². The summed E-state index contributed by atoms with van der Waals surface area (Å²) in [4.78, 5) is 31.0. The van der Waals surface area contributed by atoms with Gasteiger partial charge in [-0.05, 0) is 44.0 Å². The minimum absolute atomic E-state index is 0.121. The minimum atomic E-state index is -0.239. The zero-order chi connectivity index (χ0) is 19.8. The van der Waals surface area contributed by atoms with E-state index < -0.39 is 0 Å². The Morgan fingerprint density at radius 1 is 1.14 bits per heavy atom. The molecule has 1 aromatic carbocycles. The number of rotatable bonds is 7. The largest absolute Gasteiger partial charge is 0.494 e. The molecule has 0 spiro atoms. The molecule has 0 unspecified atom stereocenters. The molecular weight excluding hydrogens is 374 g/mol. The number of likely N-dealkylation sites (tertiary alicyclic amines) is 1. The number of carbonyl (C=O) groups is 2. The van der Waals surface area contributed by atoms with Crippen molar-refractivity contribution in [3.8, 4) is 16.3 Å². The summed E-state index contributed by atoms with van der Waals surface area (Å²) in [6.45, 7) is 4.58. The molecule has 0 atom stereocenters. The lowest BCUT2D eigenvalue weighted by molar-refractivity contribution is -0.131. The topological polar surface area (TPSA) is 71.5 Å². The fourth-order valence-electron chi connectivity index (χ4n) is 3.22. The fraction of sp³-hybridized carbons (Fsp3) is 0.476. The summed E-state index contributed by atoms with van der Waals surface area (Å²) in [5.41, 5.74) is 1.33. The lowest BCUT2D eigenvalue weighted by Crippen LogP contribution is -2.35. The van der Waals surface area contributed by atoms with Gasteiger partial charge in [0.05, 0.1) is 6.61 Å². The normalized spacial score (nSPS) is 14.4. The Labute approximate surface area is 169 Å². The maximum absolute atomic E-state index is 12.3. The van der Waals surface area contributed by atoms with Gasteiger partial charge >= 0.3 is 0 Å². The molecule has 0 bridgehead atoms. The van der Waals surface area contributed by atoms with Crippen LogP contribution in [-0.4, -0.2) is 47.9 Å². The molecule has 150 valence electrons. The molecule has 2 aromatic rings. The summed E-state index contributed by atoms with van der Waals surface area (Å²) in [6, 6.07) is 7.67. The van der Waals surface area contributed by atoms with E-state index in [0.717, 1.165) is 42.3 Å². The first-order chi connectivity index (χ1) is 13.7. The number of amides is 2. The van der Waals surface area contributed by atoms with E-state index in [1.165, 1.54) is 24.2 Å². The van der Waals surface area contributed by atoms with Crippen LogP contribution in [0.1, 0.15) is 49.5 Å². The number of nitrogens with zero attached hydrogens (tertiary/aromatic N) is 2. The predicted octanol–water partition coefficient (Wildman–Crippen LogP) is 3.73. The van der Waals surface area contributed by atoms with Crippen LogP contribution in [0.2, 0.25) is 0 Å². The SMILES string of the molecule is CCOc1ccc(-c2nc(C(=O)NCCC(=O)N3CCCCCC3)cs2)cc1. The standard InChI is InChI=1S/C21H27N3O3S/c1-2-27-17-9-7-16(8-10-17)21-23-18(15-28-21)20(26)22-12-11-19(25)24-13-5-3-4-6-14-24/h7-10,15H,2-6,11-14H2,1H3,(H,22,26). The summed E-state index contributed by atoms with van der Waals surface area (Å²) in [7, 11) is 0. The monoisotopic (exact) mass is 401 g/mol. The highest BCUT2D eigenvalue weighted by atomic mass is 32.1. The van der Waals surface area contributed by atoms with E-state index in [1.807, 2.05) is 36.1 Å². The summed E-state index contributed by atoms with van der Waals surface area (Å²) < 4.78 is 5.44. The van der Waals surface area contributed by atoms with Gasteiger partial charge in [0.25, 0.3) is 5.91 Å². The van der Waals surface area contributed by atoms with Crippen molar-refractivity contribution in [3.05, 3.63) is 35.3 Å². The molecule has 2 heterocycles. The third-order valence-corrected chi connectivity index (χ3v) is 5.62. The molecule has 1 fully saturated rings. The zero-order valence-electron chi connectivity index (χ0n) is 16.3. The van der Waals surface area contributed by atoms with Crippen LogP contribution in [0.25, 0.3) is 10.6 Å². The van der Waals surface area contributed by atoms with Crippen LogP contribution in [0, 0.1) is 0 Å². The van der Waals surface area contributed by atoms with Crippen molar-refractivity contribution in [2.75, 3.05) is 26.2 Å². The van der Waals surface area contributed by atoms with Gasteiger partial charge in [0, 0.05) is 37.0 Å². The minimum Gasteiger partial charge on any atom is -0.494 e. The molecule has 1 aromatic heterocycles. The van der Waals surface area contributed by atoms with Crippen molar-refractivity contribution in [1.29, 1.82) is 0 Å². The molecule has 7 heteroatoms. The van der Waals surface area contributed by atoms with Crippen LogP contribution in [0.15, 0.2) is 29.6 Å². The molecule has 6 nitrogen and oxygen atoms in total. The summed E-state index contributed by atoms with van der Waals surface area (Å²) in [6.07, 6.45) is 4.88. The smallest absolute Gasteiger partial charge is 0.270 e. The van der Waals surface area contributed by atoms with Crippen LogP contribution >= 0.6 is 11.3 Å². The first-order valence-electron chi connectivity index (χ1n) is 9.92. The second-order valence-electron chi connectivity index (χ2n) is 6.80. The van der Waals surface area contributed by atoms with Gasteiger partial charge in [-0.2, -0.15) is 0 Å². The summed E-state index contributed by atoms with van der Waals surface area (Å²) >= 11 is 1.43. The first-order valence-corrected chi connectivity index (χ1v) is 10.8. The van der Waals surface area contributed by atoms with E-state index in [4.69, 9.17) is 4.74 Å². The van der Waals surface area contributed by atoms with Gasteiger partial charge in [0.15, 0.2) is 0 Å². The van der Waals surface area contributed by atoms with E-state index >= 15 is 0 Å². The van der Waals surface area contributed by atoms with E-state index in [0.29, 0.717) is 25.3 Å². The number of nitrogens with one attached hydrogen (secondary N) is 1. The molecule has 1 aliphatic heterocycles. The molecule has 28 heavy (non-hydrogen) atoms. The Balaban J connectivity index is 1.49. The van der Waals surface area contributed by atoms with Crippen molar-refractivity contribution >= 4 is 23.2 Å². The fourth-order valence-corrected chi connectivity index (χ4v) is 4.03. The highest BCUT2D eigenvalue weighted by Gasteiger charge is 2.16. The third-order valence-electron chi connectivity index (χ3n) is 4.73. The molecule has 0 radical (unpaired) electrons. The molecule has 1 N–H and O–H groups in total. The van der Waals surface area contributed by atoms with Crippen molar-refractivity contribution in [2.45, 2.75) is 39.0 Å². The van der Waals surface area contributed by atoms with E-state index in [1.54, 1.807) is 5.38 Å².